The van der Waals surface area contributed by atoms with Crippen LogP contribution in [0.5, 0.6) is 0 Å². The third-order valence-corrected chi connectivity index (χ3v) is 7.47. The number of nitro benzene ring substituents is 1. The molecule has 0 N–H and O–H groups in total. The molecule has 0 spiro atoms. The van der Waals surface area contributed by atoms with Crippen molar-refractivity contribution in [1.29, 1.82) is 0 Å². The van der Waals surface area contributed by atoms with E-state index in [2.05, 4.69) is 0 Å². The van der Waals surface area contributed by atoms with Crippen LogP contribution < -0.4 is 0 Å². The van der Waals surface area contributed by atoms with Gasteiger partial charge in [-0.1, -0.05) is 53.0 Å². The van der Waals surface area contributed by atoms with Crippen molar-refractivity contribution in [2.24, 2.45) is 0 Å². The average molecular weight is 547 g/mol. The molecule has 186 valence electrons. The first-order valence-electron chi connectivity index (χ1n) is 11.2. The van der Waals surface area contributed by atoms with Gasteiger partial charge in [0.05, 0.1) is 15.0 Å². The highest BCUT2D eigenvalue weighted by Gasteiger charge is 2.38. The van der Waals surface area contributed by atoms with Gasteiger partial charge in [-0.25, -0.2) is 0 Å². The van der Waals surface area contributed by atoms with Gasteiger partial charge in [-0.2, -0.15) is 0 Å². The first kappa shape index (κ1) is 25.9. The molecule has 1 saturated heterocycles. The molecular formula is C26H22Cl3N3O4. The van der Waals surface area contributed by atoms with Crippen LogP contribution in [0.2, 0.25) is 15.1 Å². The number of halogens is 3. The smallest absolute Gasteiger partial charge is 0.282 e. The van der Waals surface area contributed by atoms with Crippen molar-refractivity contribution in [1.82, 2.24) is 9.80 Å². The zero-order valence-electron chi connectivity index (χ0n) is 19.2. The van der Waals surface area contributed by atoms with Gasteiger partial charge in [-0.05, 0) is 54.4 Å². The molecular weight excluding hydrogens is 525 g/mol. The van der Waals surface area contributed by atoms with Crippen LogP contribution >= 0.6 is 34.8 Å². The molecule has 4 rings (SSSR count). The summed E-state index contributed by atoms with van der Waals surface area (Å²) in [5.41, 5.74) is 1.09. The minimum atomic E-state index is -0.561. The molecule has 0 saturated carbocycles. The quantitative estimate of drug-likeness (QED) is 0.277. The Morgan fingerprint density at radius 3 is 2.36 bits per heavy atom. The number of likely N-dealkylation sites (N-methyl/N-ethyl adjacent to an activating group) is 1. The molecule has 0 bridgehead atoms. The van der Waals surface area contributed by atoms with Crippen LogP contribution in [-0.4, -0.2) is 52.7 Å². The number of hydrogen-bond donors (Lipinski definition) is 0. The van der Waals surface area contributed by atoms with E-state index < -0.39 is 10.8 Å². The number of piperidine rings is 1. The molecule has 0 unspecified atom stereocenters. The molecule has 3 aromatic rings. The molecule has 36 heavy (non-hydrogen) atoms. The van der Waals surface area contributed by atoms with Crippen LogP contribution in [0.4, 0.5) is 5.69 Å². The lowest BCUT2D eigenvalue weighted by Gasteiger charge is -2.43. The molecule has 2 amide bonds. The molecule has 0 aliphatic carbocycles. The fourth-order valence-corrected chi connectivity index (χ4v) is 5.02. The lowest BCUT2D eigenvalue weighted by atomic mass is 9.84. The topological polar surface area (TPSA) is 83.8 Å². The molecule has 1 aliphatic heterocycles. The van der Waals surface area contributed by atoms with E-state index in [1.54, 1.807) is 59.3 Å². The van der Waals surface area contributed by atoms with Crippen molar-refractivity contribution in [3.05, 3.63) is 109 Å². The van der Waals surface area contributed by atoms with E-state index in [4.69, 9.17) is 34.8 Å². The number of nitro groups is 1. The van der Waals surface area contributed by atoms with E-state index in [1.807, 2.05) is 6.07 Å². The number of benzene rings is 3. The summed E-state index contributed by atoms with van der Waals surface area (Å²) < 4.78 is 0. The van der Waals surface area contributed by atoms with Crippen molar-refractivity contribution in [3.63, 3.8) is 0 Å². The van der Waals surface area contributed by atoms with Gasteiger partial charge in [0.15, 0.2) is 0 Å². The fraction of sp³-hybridized carbons (Fsp3) is 0.231. The van der Waals surface area contributed by atoms with Gasteiger partial charge in [-0.15, -0.1) is 0 Å². The highest BCUT2D eigenvalue weighted by Crippen LogP contribution is 2.35. The van der Waals surface area contributed by atoms with Gasteiger partial charge in [0.1, 0.15) is 5.56 Å². The number of amides is 2. The molecule has 3 aromatic carbocycles. The summed E-state index contributed by atoms with van der Waals surface area (Å²) in [4.78, 5) is 40.8. The monoisotopic (exact) mass is 545 g/mol. The van der Waals surface area contributed by atoms with Crippen LogP contribution in [0.25, 0.3) is 0 Å². The van der Waals surface area contributed by atoms with Gasteiger partial charge in [-0.3, -0.25) is 19.7 Å². The highest BCUT2D eigenvalue weighted by atomic mass is 35.5. The molecule has 1 aliphatic rings. The lowest BCUT2D eigenvalue weighted by molar-refractivity contribution is -0.385. The standard InChI is InChI=1S/C26H22Cl3N3O4/c1-30(25(33)16-6-9-18(27)10-7-16)23-12-13-31(15-20(23)17-8-11-21(28)22(29)14-17)26(34)19-4-2-3-5-24(19)32(35)36/h2-11,14,20,23H,12-13,15H2,1H3/t20-,23+/m0/s1. The van der Waals surface area contributed by atoms with Crippen molar-refractivity contribution < 1.29 is 14.5 Å². The summed E-state index contributed by atoms with van der Waals surface area (Å²) in [6.45, 7) is 0.567. The minimum absolute atomic E-state index is 0.0273. The van der Waals surface area contributed by atoms with E-state index in [9.17, 15) is 19.7 Å². The van der Waals surface area contributed by atoms with Crippen molar-refractivity contribution >= 4 is 52.3 Å². The Morgan fingerprint density at radius 2 is 1.69 bits per heavy atom. The minimum Gasteiger partial charge on any atom is -0.338 e. The van der Waals surface area contributed by atoms with Crippen LogP contribution in [0.15, 0.2) is 66.7 Å². The predicted octanol–water partition coefficient (Wildman–Crippen LogP) is 6.33. The number of likely N-dealkylation sites (tertiary alicyclic amines) is 1. The summed E-state index contributed by atoms with van der Waals surface area (Å²) in [6, 6.07) is 17.5. The van der Waals surface area contributed by atoms with E-state index in [1.165, 1.54) is 18.2 Å². The van der Waals surface area contributed by atoms with Gasteiger partial charge < -0.3 is 9.80 Å². The number of carbonyl (C=O) groups excluding carboxylic acids is 2. The summed E-state index contributed by atoms with van der Waals surface area (Å²) in [7, 11) is 1.73. The second-order valence-corrected chi connectivity index (χ2v) is 9.84. The number of carbonyl (C=O) groups is 2. The van der Waals surface area contributed by atoms with E-state index in [-0.39, 0.29) is 35.7 Å². The van der Waals surface area contributed by atoms with Crippen LogP contribution in [0.3, 0.4) is 0 Å². The summed E-state index contributed by atoms with van der Waals surface area (Å²) in [6.07, 6.45) is 0.465. The first-order valence-corrected chi connectivity index (χ1v) is 12.3. The van der Waals surface area contributed by atoms with Gasteiger partial charge in [0.2, 0.25) is 0 Å². The lowest BCUT2D eigenvalue weighted by Crippen LogP contribution is -2.52. The molecule has 1 fully saturated rings. The van der Waals surface area contributed by atoms with Gasteiger partial charge in [0, 0.05) is 48.7 Å². The maximum absolute atomic E-state index is 13.4. The Hall–Kier alpha value is -3.13. The highest BCUT2D eigenvalue weighted by molar-refractivity contribution is 6.42. The molecule has 0 radical (unpaired) electrons. The van der Waals surface area contributed by atoms with E-state index in [0.29, 0.717) is 33.6 Å². The van der Waals surface area contributed by atoms with Crippen molar-refractivity contribution in [3.8, 4) is 0 Å². The molecule has 1 heterocycles. The molecule has 7 nitrogen and oxygen atoms in total. The van der Waals surface area contributed by atoms with E-state index in [0.717, 1.165) is 5.56 Å². The Kier molecular flexibility index (Phi) is 7.83. The Balaban J connectivity index is 1.67. The Bertz CT molecular complexity index is 1320. The van der Waals surface area contributed by atoms with Gasteiger partial charge in [0.25, 0.3) is 17.5 Å². The van der Waals surface area contributed by atoms with Crippen LogP contribution in [0, 0.1) is 10.1 Å². The molecule has 10 heteroatoms. The maximum atomic E-state index is 13.4. The summed E-state index contributed by atoms with van der Waals surface area (Å²) in [5, 5.41) is 12.8. The predicted molar refractivity (Wildman–Crippen MR) is 140 cm³/mol. The Morgan fingerprint density at radius 1 is 1.00 bits per heavy atom. The van der Waals surface area contributed by atoms with E-state index >= 15 is 0 Å². The van der Waals surface area contributed by atoms with Crippen LogP contribution in [0.1, 0.15) is 38.6 Å². The fourth-order valence-electron chi connectivity index (χ4n) is 4.59. The number of rotatable bonds is 5. The van der Waals surface area contributed by atoms with Crippen molar-refractivity contribution in [2.75, 3.05) is 20.1 Å². The number of hydrogen-bond acceptors (Lipinski definition) is 4. The maximum Gasteiger partial charge on any atom is 0.282 e. The molecule has 2 atom stereocenters. The average Bonchev–Trinajstić information content (AvgIpc) is 2.89. The van der Waals surface area contributed by atoms with Crippen LogP contribution in [-0.2, 0) is 0 Å². The first-order chi connectivity index (χ1) is 17.2. The summed E-state index contributed by atoms with van der Waals surface area (Å²) in [5.74, 6) is -0.917. The number of para-hydroxylation sites is 1. The third-order valence-electron chi connectivity index (χ3n) is 6.48. The second kappa shape index (κ2) is 10.9. The Labute approximate surface area is 223 Å². The third kappa shape index (κ3) is 5.33. The van der Waals surface area contributed by atoms with Crippen molar-refractivity contribution in [2.45, 2.75) is 18.4 Å². The number of nitrogens with zero attached hydrogens (tertiary/aromatic N) is 3. The second-order valence-electron chi connectivity index (χ2n) is 8.58. The SMILES string of the molecule is CN(C(=O)c1ccc(Cl)cc1)[C@@H]1CCN(C(=O)c2ccccc2[N+](=O)[O-])C[C@H]1c1ccc(Cl)c(Cl)c1. The zero-order chi connectivity index (χ0) is 26.0. The summed E-state index contributed by atoms with van der Waals surface area (Å²) >= 11 is 18.4. The largest absolute Gasteiger partial charge is 0.338 e. The molecule has 0 aromatic heterocycles. The zero-order valence-corrected chi connectivity index (χ0v) is 21.5. The normalized spacial score (nSPS) is 17.5. The van der Waals surface area contributed by atoms with Gasteiger partial charge >= 0.3 is 0 Å².